The Bertz CT molecular complexity index is 624. The van der Waals surface area contributed by atoms with Gasteiger partial charge in [0.2, 0.25) is 0 Å². The van der Waals surface area contributed by atoms with Crippen LogP contribution in [-0.2, 0) is 16.0 Å². The fourth-order valence-electron chi connectivity index (χ4n) is 1.70. The van der Waals surface area contributed by atoms with Crippen molar-refractivity contribution < 1.29 is 9.53 Å². The third-order valence-corrected chi connectivity index (χ3v) is 3.20. The summed E-state index contributed by atoms with van der Waals surface area (Å²) < 4.78 is 7.16. The number of nitroso groups, excluding NO2 is 1. The van der Waals surface area contributed by atoms with Crippen LogP contribution in [0.2, 0.25) is 0 Å². The molecule has 0 atom stereocenters. The summed E-state index contributed by atoms with van der Waals surface area (Å²) >= 11 is 3.25. The van der Waals surface area contributed by atoms with Gasteiger partial charge in [-0.05, 0) is 34.1 Å². The molecule has 7 heteroatoms. The minimum atomic E-state index is -0.240. The van der Waals surface area contributed by atoms with Gasteiger partial charge < -0.3 is 9.14 Å². The number of ether oxygens (including phenoxy) is 1. The molecule has 0 aliphatic carbocycles. The lowest BCUT2D eigenvalue weighted by atomic mass is 10.2. The summed E-state index contributed by atoms with van der Waals surface area (Å²) in [6.07, 6.45) is 4.16. The first-order valence-corrected chi connectivity index (χ1v) is 6.59. The van der Waals surface area contributed by atoms with Crippen molar-refractivity contribution in [1.29, 1.82) is 0 Å². The topological polar surface area (TPSA) is 73.0 Å². The third-order valence-electron chi connectivity index (χ3n) is 2.56. The fourth-order valence-corrected chi connectivity index (χ4v) is 2.08. The number of pyridine rings is 1. The second-order valence-corrected chi connectivity index (χ2v) is 4.75. The minimum absolute atomic E-state index is 0.240. The lowest BCUT2D eigenvalue weighted by Gasteiger charge is -1.98. The van der Waals surface area contributed by atoms with Crippen molar-refractivity contribution in [2.75, 3.05) is 6.61 Å². The van der Waals surface area contributed by atoms with Crippen LogP contribution in [0.15, 0.2) is 28.1 Å². The predicted octanol–water partition coefficient (Wildman–Crippen LogP) is 2.99. The highest BCUT2D eigenvalue weighted by atomic mass is 79.9. The molecule has 0 saturated carbocycles. The molecule has 0 unspecified atom stereocenters. The molecule has 0 saturated heterocycles. The van der Waals surface area contributed by atoms with E-state index in [1.54, 1.807) is 29.8 Å². The number of aromatic nitrogens is 2. The Morgan fingerprint density at radius 3 is 3.00 bits per heavy atom. The summed E-state index contributed by atoms with van der Waals surface area (Å²) in [7, 11) is 0. The lowest BCUT2D eigenvalue weighted by molar-refractivity contribution is -0.143. The molecular formula is C12H12BrN3O3. The van der Waals surface area contributed by atoms with Crippen LogP contribution >= 0.6 is 15.9 Å². The maximum absolute atomic E-state index is 11.3. The van der Waals surface area contributed by atoms with Crippen LogP contribution in [-0.4, -0.2) is 22.0 Å². The highest BCUT2D eigenvalue weighted by molar-refractivity contribution is 9.10. The minimum Gasteiger partial charge on any atom is -0.466 e. The van der Waals surface area contributed by atoms with Crippen molar-refractivity contribution in [3.8, 4) is 0 Å². The van der Waals surface area contributed by atoms with Crippen molar-refractivity contribution in [2.24, 2.45) is 5.18 Å². The molecule has 0 aliphatic rings. The monoisotopic (exact) mass is 325 g/mol. The van der Waals surface area contributed by atoms with Gasteiger partial charge in [-0.25, -0.2) is 4.98 Å². The van der Waals surface area contributed by atoms with Gasteiger partial charge in [0.25, 0.3) is 0 Å². The Labute approximate surface area is 117 Å². The summed E-state index contributed by atoms with van der Waals surface area (Å²) in [5, 5.41) is 2.91. The maximum atomic E-state index is 11.3. The van der Waals surface area contributed by atoms with Crippen LogP contribution < -0.4 is 0 Å². The molecule has 0 aliphatic heterocycles. The predicted molar refractivity (Wildman–Crippen MR) is 73.3 cm³/mol. The van der Waals surface area contributed by atoms with E-state index >= 15 is 0 Å². The summed E-state index contributed by atoms with van der Waals surface area (Å²) in [4.78, 5) is 26.2. The Balaban J connectivity index is 2.17. The van der Waals surface area contributed by atoms with Crippen LogP contribution in [0.3, 0.4) is 0 Å². The number of fused-ring (bicyclic) bond motifs is 1. The second kappa shape index (κ2) is 5.92. The molecule has 0 radical (unpaired) electrons. The molecule has 0 aromatic carbocycles. The molecule has 2 aromatic heterocycles. The average Bonchev–Trinajstić information content (AvgIpc) is 2.77. The first kappa shape index (κ1) is 13.7. The van der Waals surface area contributed by atoms with Crippen LogP contribution in [0.25, 0.3) is 5.65 Å². The number of nitrogens with zero attached hydrogens (tertiary/aromatic N) is 3. The zero-order chi connectivity index (χ0) is 13.8. The zero-order valence-corrected chi connectivity index (χ0v) is 11.9. The zero-order valence-electron chi connectivity index (χ0n) is 10.3. The Morgan fingerprint density at radius 2 is 2.32 bits per heavy atom. The van der Waals surface area contributed by atoms with Gasteiger partial charge in [-0.15, -0.1) is 4.91 Å². The van der Waals surface area contributed by atoms with Crippen molar-refractivity contribution >= 4 is 33.2 Å². The van der Waals surface area contributed by atoms with Gasteiger partial charge in [-0.3, -0.25) is 4.79 Å². The van der Waals surface area contributed by atoms with Gasteiger partial charge in [0.1, 0.15) is 11.3 Å². The van der Waals surface area contributed by atoms with Crippen molar-refractivity contribution in [3.05, 3.63) is 33.5 Å². The SMILES string of the molecule is CCOC(=O)CCc1cn2cc(N=O)c(Br)cc2n1. The molecule has 2 heterocycles. The van der Waals surface area contributed by atoms with E-state index in [0.717, 1.165) is 5.69 Å². The van der Waals surface area contributed by atoms with Crippen LogP contribution in [0, 0.1) is 4.91 Å². The second-order valence-electron chi connectivity index (χ2n) is 3.90. The van der Waals surface area contributed by atoms with Crippen LogP contribution in [0.5, 0.6) is 0 Å². The van der Waals surface area contributed by atoms with Gasteiger partial charge in [0, 0.05) is 18.8 Å². The molecule has 19 heavy (non-hydrogen) atoms. The van der Waals surface area contributed by atoms with E-state index in [1.807, 2.05) is 0 Å². The Morgan fingerprint density at radius 1 is 1.53 bits per heavy atom. The smallest absolute Gasteiger partial charge is 0.306 e. The van der Waals surface area contributed by atoms with Gasteiger partial charge in [-0.2, -0.15) is 0 Å². The third kappa shape index (κ3) is 3.17. The molecule has 2 rings (SSSR count). The summed E-state index contributed by atoms with van der Waals surface area (Å²) in [5.41, 5.74) is 1.77. The molecular weight excluding hydrogens is 314 g/mol. The number of rotatable bonds is 5. The number of carbonyl (C=O) groups excluding carboxylic acids is 1. The Hall–Kier alpha value is -1.76. The average molecular weight is 326 g/mol. The fraction of sp³-hybridized carbons (Fsp3) is 0.333. The molecule has 6 nitrogen and oxygen atoms in total. The largest absolute Gasteiger partial charge is 0.466 e. The van der Waals surface area contributed by atoms with Crippen molar-refractivity contribution in [1.82, 2.24) is 9.38 Å². The van der Waals surface area contributed by atoms with E-state index in [4.69, 9.17) is 4.74 Å². The summed E-state index contributed by atoms with van der Waals surface area (Å²) in [6.45, 7) is 2.15. The summed E-state index contributed by atoms with van der Waals surface area (Å²) in [6, 6.07) is 1.71. The molecule has 0 spiro atoms. The number of aryl methyl sites for hydroxylation is 1. The number of imidazole rings is 1. The van der Waals surface area contributed by atoms with Crippen LogP contribution in [0.1, 0.15) is 19.0 Å². The Kier molecular flexibility index (Phi) is 4.26. The van der Waals surface area contributed by atoms with Gasteiger partial charge in [-0.1, -0.05) is 0 Å². The molecule has 2 aromatic rings. The highest BCUT2D eigenvalue weighted by Gasteiger charge is 2.09. The van der Waals surface area contributed by atoms with Gasteiger partial charge in [0.15, 0.2) is 0 Å². The molecule has 0 bridgehead atoms. The van der Waals surface area contributed by atoms with Crippen molar-refractivity contribution in [2.45, 2.75) is 19.8 Å². The number of esters is 1. The number of hydrogen-bond acceptors (Lipinski definition) is 5. The van der Waals surface area contributed by atoms with E-state index in [1.165, 1.54) is 0 Å². The van der Waals surface area contributed by atoms with E-state index < -0.39 is 0 Å². The summed E-state index contributed by atoms with van der Waals surface area (Å²) in [5.74, 6) is -0.240. The van der Waals surface area contributed by atoms with Gasteiger partial charge >= 0.3 is 5.97 Å². The normalized spacial score (nSPS) is 10.6. The number of carbonyl (C=O) groups is 1. The van der Waals surface area contributed by atoms with Crippen molar-refractivity contribution in [3.63, 3.8) is 0 Å². The molecule has 0 N–H and O–H groups in total. The van der Waals surface area contributed by atoms with Crippen LogP contribution in [0.4, 0.5) is 5.69 Å². The molecule has 0 amide bonds. The van der Waals surface area contributed by atoms with E-state index in [9.17, 15) is 9.70 Å². The number of hydrogen-bond donors (Lipinski definition) is 0. The lowest BCUT2D eigenvalue weighted by Crippen LogP contribution is -2.05. The highest BCUT2D eigenvalue weighted by Crippen LogP contribution is 2.26. The standard InChI is InChI=1S/C12H12BrN3O3/c1-2-19-12(17)4-3-8-6-16-7-10(15-18)9(13)5-11(16)14-8/h5-7H,2-4H2,1H3. The van der Waals surface area contributed by atoms with E-state index in [2.05, 4.69) is 26.1 Å². The quantitative estimate of drug-likeness (QED) is 0.625. The maximum Gasteiger partial charge on any atom is 0.306 e. The first-order valence-electron chi connectivity index (χ1n) is 5.80. The first-order chi connectivity index (χ1) is 9.13. The number of halogens is 1. The van der Waals surface area contributed by atoms with Gasteiger partial charge in [0.05, 0.1) is 23.2 Å². The molecule has 0 fully saturated rings. The van der Waals surface area contributed by atoms with E-state index in [0.29, 0.717) is 28.8 Å². The van der Waals surface area contributed by atoms with E-state index in [-0.39, 0.29) is 12.4 Å². The molecule has 100 valence electrons.